The molecule has 1 aromatic rings. The number of carboxylic acids is 1. The van der Waals surface area contributed by atoms with Crippen LogP contribution in [0.2, 0.25) is 0 Å². The van der Waals surface area contributed by atoms with Gasteiger partial charge in [-0.1, -0.05) is 12.2 Å². The van der Waals surface area contributed by atoms with Crippen molar-refractivity contribution < 1.29 is 18.3 Å². The van der Waals surface area contributed by atoms with Gasteiger partial charge >= 0.3 is 5.97 Å². The Morgan fingerprint density at radius 2 is 2.05 bits per heavy atom. The van der Waals surface area contributed by atoms with Crippen LogP contribution < -0.4 is 0 Å². The van der Waals surface area contributed by atoms with Crippen molar-refractivity contribution in [3.05, 3.63) is 40.4 Å². The number of aromatic carboxylic acids is 1. The first-order valence-electron chi connectivity index (χ1n) is 5.61. The minimum absolute atomic E-state index is 0.00315. The molecule has 0 unspecified atom stereocenters. The van der Waals surface area contributed by atoms with Crippen molar-refractivity contribution in [1.82, 2.24) is 4.31 Å². The molecule has 1 N–H and O–H groups in total. The lowest BCUT2D eigenvalue weighted by Crippen LogP contribution is -2.33. The summed E-state index contributed by atoms with van der Waals surface area (Å²) in [6.07, 6.45) is 4.38. The van der Waals surface area contributed by atoms with Gasteiger partial charge in [-0.2, -0.15) is 4.31 Å². The van der Waals surface area contributed by atoms with E-state index < -0.39 is 16.0 Å². The molecule has 0 atom stereocenters. The van der Waals surface area contributed by atoms with E-state index in [2.05, 4.69) is 15.9 Å². The van der Waals surface area contributed by atoms with Gasteiger partial charge < -0.3 is 5.11 Å². The van der Waals surface area contributed by atoms with E-state index in [1.807, 2.05) is 6.08 Å². The molecule has 0 spiro atoms. The van der Waals surface area contributed by atoms with Crippen molar-refractivity contribution in [3.8, 4) is 0 Å². The number of halogens is 1. The highest BCUT2D eigenvalue weighted by atomic mass is 79.9. The Kier molecular flexibility index (Phi) is 4.07. The number of carboxylic acid groups (broad SMARTS) is 1. The number of hydrogen-bond acceptors (Lipinski definition) is 3. The fourth-order valence-electron chi connectivity index (χ4n) is 1.82. The standard InChI is InChI=1S/C12H12BrNO4S/c13-11-5-4-9(8-10(11)12(15)16)19(17,18)14-6-2-1-3-7-14/h1-2,4-5,8H,3,6-7H2,(H,15,16). The van der Waals surface area contributed by atoms with Crippen LogP contribution in [-0.2, 0) is 10.0 Å². The van der Waals surface area contributed by atoms with Crippen molar-refractivity contribution >= 4 is 31.9 Å². The van der Waals surface area contributed by atoms with Gasteiger partial charge in [-0.25, -0.2) is 13.2 Å². The molecule has 1 heterocycles. The molecular weight excluding hydrogens is 334 g/mol. The smallest absolute Gasteiger partial charge is 0.336 e. The Bertz CT molecular complexity index is 639. The quantitative estimate of drug-likeness (QED) is 0.851. The van der Waals surface area contributed by atoms with Crippen molar-refractivity contribution in [2.75, 3.05) is 13.1 Å². The average Bonchev–Trinajstić information content (AvgIpc) is 2.39. The van der Waals surface area contributed by atoms with Crippen molar-refractivity contribution in [2.24, 2.45) is 0 Å². The first kappa shape index (κ1) is 14.2. The molecule has 0 amide bonds. The molecule has 0 saturated heterocycles. The number of nitrogens with zero attached hydrogens (tertiary/aromatic N) is 1. The van der Waals surface area contributed by atoms with Crippen molar-refractivity contribution in [1.29, 1.82) is 0 Å². The van der Waals surface area contributed by atoms with Gasteiger partial charge in [-0.15, -0.1) is 0 Å². The third kappa shape index (κ3) is 2.88. The molecule has 1 aliphatic heterocycles. The minimum Gasteiger partial charge on any atom is -0.478 e. The third-order valence-corrected chi connectivity index (χ3v) is 5.38. The summed E-state index contributed by atoms with van der Waals surface area (Å²) in [6.45, 7) is 0.734. The molecule has 102 valence electrons. The molecule has 19 heavy (non-hydrogen) atoms. The molecular formula is C12H12BrNO4S. The van der Waals surface area contributed by atoms with Gasteiger partial charge in [0.05, 0.1) is 10.5 Å². The summed E-state index contributed by atoms with van der Waals surface area (Å²) in [5.41, 5.74) is -0.0615. The van der Waals surface area contributed by atoms with Crippen LogP contribution in [0, 0.1) is 0 Å². The molecule has 0 saturated carbocycles. The van der Waals surface area contributed by atoms with E-state index in [0.717, 1.165) is 0 Å². The number of rotatable bonds is 3. The Labute approximate surface area is 119 Å². The van der Waals surface area contributed by atoms with Crippen LogP contribution in [0.1, 0.15) is 16.8 Å². The second kappa shape index (κ2) is 5.44. The van der Waals surface area contributed by atoms with Crippen LogP contribution in [-0.4, -0.2) is 36.9 Å². The van der Waals surface area contributed by atoms with Crippen LogP contribution in [0.3, 0.4) is 0 Å². The molecule has 1 aliphatic rings. The molecule has 2 rings (SSSR count). The topological polar surface area (TPSA) is 74.7 Å². The number of hydrogen-bond donors (Lipinski definition) is 1. The Morgan fingerprint density at radius 3 is 2.63 bits per heavy atom. The van der Waals surface area contributed by atoms with Gasteiger partial charge in [-0.3, -0.25) is 0 Å². The number of sulfonamides is 1. The van der Waals surface area contributed by atoms with Gasteiger partial charge in [0, 0.05) is 17.6 Å². The molecule has 0 radical (unpaired) electrons. The molecule has 0 bridgehead atoms. The van der Waals surface area contributed by atoms with E-state index in [4.69, 9.17) is 5.11 Å². The Balaban J connectivity index is 2.43. The zero-order valence-corrected chi connectivity index (χ0v) is 12.3. The molecule has 5 nitrogen and oxygen atoms in total. The summed E-state index contributed by atoms with van der Waals surface area (Å²) in [4.78, 5) is 11.0. The van der Waals surface area contributed by atoms with Gasteiger partial charge in [-0.05, 0) is 40.5 Å². The third-order valence-electron chi connectivity index (χ3n) is 2.83. The molecule has 7 heteroatoms. The monoisotopic (exact) mass is 345 g/mol. The lowest BCUT2D eigenvalue weighted by molar-refractivity contribution is 0.0695. The summed E-state index contributed by atoms with van der Waals surface area (Å²) < 4.78 is 26.4. The first-order chi connectivity index (χ1) is 8.93. The SMILES string of the molecule is O=C(O)c1cc(S(=O)(=O)N2CC=CCC2)ccc1Br. The van der Waals surface area contributed by atoms with Crippen LogP contribution >= 0.6 is 15.9 Å². The summed E-state index contributed by atoms with van der Waals surface area (Å²) in [6, 6.07) is 4.03. The lowest BCUT2D eigenvalue weighted by Gasteiger charge is -2.22. The maximum Gasteiger partial charge on any atom is 0.336 e. The van der Waals surface area contributed by atoms with Crippen LogP contribution in [0.4, 0.5) is 0 Å². The predicted octanol–water partition coefficient (Wildman–Crippen LogP) is 2.10. The maximum atomic E-state index is 12.4. The van der Waals surface area contributed by atoms with E-state index in [9.17, 15) is 13.2 Å². The van der Waals surface area contributed by atoms with E-state index in [1.54, 1.807) is 6.08 Å². The Morgan fingerprint density at radius 1 is 1.32 bits per heavy atom. The first-order valence-corrected chi connectivity index (χ1v) is 7.84. The van der Waals surface area contributed by atoms with E-state index >= 15 is 0 Å². The summed E-state index contributed by atoms with van der Waals surface area (Å²) in [7, 11) is -3.64. The highest BCUT2D eigenvalue weighted by molar-refractivity contribution is 9.10. The van der Waals surface area contributed by atoms with Crippen LogP contribution in [0.5, 0.6) is 0 Å². The van der Waals surface area contributed by atoms with Crippen LogP contribution in [0.25, 0.3) is 0 Å². The summed E-state index contributed by atoms with van der Waals surface area (Å²) in [5, 5.41) is 9.02. The van der Waals surface area contributed by atoms with Gasteiger partial charge in [0.2, 0.25) is 10.0 Å². The zero-order chi connectivity index (χ0) is 14.0. The normalized spacial score (nSPS) is 16.5. The Hall–Kier alpha value is -1.18. The molecule has 0 aromatic heterocycles. The second-order valence-corrected chi connectivity index (χ2v) is 6.86. The van der Waals surface area contributed by atoms with E-state index in [0.29, 0.717) is 24.0 Å². The highest BCUT2D eigenvalue weighted by Gasteiger charge is 2.25. The number of carbonyl (C=O) groups is 1. The predicted molar refractivity (Wildman–Crippen MR) is 73.6 cm³/mol. The fourth-order valence-corrected chi connectivity index (χ4v) is 3.67. The lowest BCUT2D eigenvalue weighted by atomic mass is 10.2. The maximum absolute atomic E-state index is 12.4. The highest BCUT2D eigenvalue weighted by Crippen LogP contribution is 2.24. The number of benzene rings is 1. The second-order valence-electron chi connectivity index (χ2n) is 4.07. The fraction of sp³-hybridized carbons (Fsp3) is 0.250. The molecule has 0 aliphatic carbocycles. The van der Waals surface area contributed by atoms with E-state index in [-0.39, 0.29) is 10.5 Å². The van der Waals surface area contributed by atoms with Crippen LogP contribution in [0.15, 0.2) is 39.7 Å². The van der Waals surface area contributed by atoms with Crippen molar-refractivity contribution in [3.63, 3.8) is 0 Å². The van der Waals surface area contributed by atoms with Gasteiger partial charge in [0.15, 0.2) is 0 Å². The molecule has 1 aromatic carbocycles. The summed E-state index contributed by atoms with van der Waals surface area (Å²) in [5.74, 6) is -1.16. The van der Waals surface area contributed by atoms with Gasteiger partial charge in [0.25, 0.3) is 0 Å². The zero-order valence-electron chi connectivity index (χ0n) is 9.91. The molecule has 0 fully saturated rings. The average molecular weight is 346 g/mol. The summed E-state index contributed by atoms with van der Waals surface area (Å²) >= 11 is 3.09. The van der Waals surface area contributed by atoms with E-state index in [1.165, 1.54) is 22.5 Å². The minimum atomic E-state index is -3.64. The van der Waals surface area contributed by atoms with Crippen molar-refractivity contribution in [2.45, 2.75) is 11.3 Å². The van der Waals surface area contributed by atoms with Gasteiger partial charge in [0.1, 0.15) is 0 Å². The largest absolute Gasteiger partial charge is 0.478 e.